The fraction of sp³-hybridized carbons (Fsp3) is 0.200. The summed E-state index contributed by atoms with van der Waals surface area (Å²) in [6.45, 7) is 0.865. The standard InChI is InChI=1S/C10H9N/c1-2-4-9(5-3-1)10-6-7-11-8-10/h1-6,10H,8H2. The molecule has 1 heteroatoms. The molecule has 1 aliphatic rings. The third-order valence-electron chi connectivity index (χ3n) is 1.88. The second-order valence-corrected chi connectivity index (χ2v) is 2.65. The highest BCUT2D eigenvalue weighted by Gasteiger charge is 2.08. The second kappa shape index (κ2) is 2.73. The molecule has 2 rings (SSSR count). The minimum absolute atomic E-state index is 0.469. The Balaban J connectivity index is 2.25. The van der Waals surface area contributed by atoms with Crippen LogP contribution in [-0.4, -0.2) is 12.4 Å². The molecule has 0 spiro atoms. The SMILES string of the molecule is C1=CC(c2ccccc2)CN=1. The molecule has 11 heavy (non-hydrogen) atoms. The maximum atomic E-state index is 4.04. The van der Waals surface area contributed by atoms with Crippen LogP contribution in [0.2, 0.25) is 0 Å². The van der Waals surface area contributed by atoms with Crippen molar-refractivity contribution < 1.29 is 0 Å². The highest BCUT2D eigenvalue weighted by Crippen LogP contribution is 2.18. The van der Waals surface area contributed by atoms with Crippen LogP contribution in [0, 0.1) is 0 Å². The van der Waals surface area contributed by atoms with Crippen molar-refractivity contribution in [3.05, 3.63) is 42.0 Å². The number of rotatable bonds is 1. The van der Waals surface area contributed by atoms with E-state index in [0.29, 0.717) is 5.92 Å². The van der Waals surface area contributed by atoms with Crippen LogP contribution in [0.25, 0.3) is 0 Å². The lowest BCUT2D eigenvalue weighted by Gasteiger charge is -2.04. The van der Waals surface area contributed by atoms with Crippen molar-refractivity contribution >= 4 is 5.87 Å². The van der Waals surface area contributed by atoms with Crippen LogP contribution in [0.5, 0.6) is 0 Å². The molecule has 0 saturated carbocycles. The van der Waals surface area contributed by atoms with E-state index in [9.17, 15) is 0 Å². The molecule has 1 unspecified atom stereocenters. The molecule has 0 amide bonds. The Labute approximate surface area is 66.1 Å². The van der Waals surface area contributed by atoms with Crippen molar-refractivity contribution in [2.75, 3.05) is 6.54 Å². The van der Waals surface area contributed by atoms with Gasteiger partial charge in [-0.1, -0.05) is 30.3 Å². The Morgan fingerprint density at radius 3 is 2.73 bits per heavy atom. The largest absolute Gasteiger partial charge is 0.242 e. The van der Waals surface area contributed by atoms with Gasteiger partial charge in [0.1, 0.15) is 0 Å². The molecule has 1 nitrogen and oxygen atoms in total. The van der Waals surface area contributed by atoms with E-state index in [-0.39, 0.29) is 0 Å². The van der Waals surface area contributed by atoms with Crippen LogP contribution in [0.4, 0.5) is 0 Å². The van der Waals surface area contributed by atoms with Crippen LogP contribution in [0.1, 0.15) is 11.5 Å². The first-order valence-corrected chi connectivity index (χ1v) is 3.77. The Kier molecular flexibility index (Phi) is 1.58. The highest BCUT2D eigenvalue weighted by atomic mass is 14.7. The third kappa shape index (κ3) is 1.24. The van der Waals surface area contributed by atoms with Gasteiger partial charge in [0.25, 0.3) is 0 Å². The minimum Gasteiger partial charge on any atom is -0.242 e. The van der Waals surface area contributed by atoms with Gasteiger partial charge in [0.2, 0.25) is 0 Å². The van der Waals surface area contributed by atoms with Crippen LogP contribution in [-0.2, 0) is 0 Å². The summed E-state index contributed by atoms with van der Waals surface area (Å²) >= 11 is 0. The summed E-state index contributed by atoms with van der Waals surface area (Å²) in [6.07, 6.45) is 2.02. The molecule has 0 saturated heterocycles. The van der Waals surface area contributed by atoms with E-state index < -0.39 is 0 Å². The summed E-state index contributed by atoms with van der Waals surface area (Å²) < 4.78 is 0. The Morgan fingerprint density at radius 1 is 1.27 bits per heavy atom. The summed E-state index contributed by atoms with van der Waals surface area (Å²) in [7, 11) is 0. The molecule has 0 radical (unpaired) electrons. The molecular formula is C10H9N. The van der Waals surface area contributed by atoms with Crippen LogP contribution in [0.15, 0.2) is 41.4 Å². The zero-order chi connectivity index (χ0) is 7.52. The van der Waals surface area contributed by atoms with Crippen LogP contribution >= 0.6 is 0 Å². The number of aliphatic imine (C=N–C) groups is 1. The fourth-order valence-corrected chi connectivity index (χ4v) is 1.25. The molecule has 54 valence electrons. The first-order valence-electron chi connectivity index (χ1n) is 3.77. The molecule has 0 aliphatic carbocycles. The molecule has 0 fully saturated rings. The Bertz CT molecular complexity index is 294. The summed E-state index contributed by atoms with van der Waals surface area (Å²) in [5.74, 6) is 3.34. The summed E-state index contributed by atoms with van der Waals surface area (Å²) in [5, 5.41) is 0. The lowest BCUT2D eigenvalue weighted by atomic mass is 10.0. The van der Waals surface area contributed by atoms with Gasteiger partial charge in [-0.25, -0.2) is 4.99 Å². The Hall–Kier alpha value is -1.33. The summed E-state index contributed by atoms with van der Waals surface area (Å²) in [4.78, 5) is 4.04. The normalized spacial score (nSPS) is 20.9. The maximum absolute atomic E-state index is 4.04. The summed E-state index contributed by atoms with van der Waals surface area (Å²) in [6, 6.07) is 10.4. The molecule has 1 atom stereocenters. The van der Waals surface area contributed by atoms with Gasteiger partial charge in [0.15, 0.2) is 0 Å². The second-order valence-electron chi connectivity index (χ2n) is 2.65. The van der Waals surface area contributed by atoms with Gasteiger partial charge in [-0.3, -0.25) is 0 Å². The lowest BCUT2D eigenvalue weighted by Crippen LogP contribution is -1.94. The van der Waals surface area contributed by atoms with E-state index in [1.807, 2.05) is 12.1 Å². The van der Waals surface area contributed by atoms with Gasteiger partial charge in [0.05, 0.1) is 6.54 Å². The van der Waals surface area contributed by atoms with Crippen molar-refractivity contribution in [3.8, 4) is 0 Å². The molecule has 1 aromatic carbocycles. The fourth-order valence-electron chi connectivity index (χ4n) is 1.25. The van der Waals surface area contributed by atoms with E-state index in [4.69, 9.17) is 0 Å². The predicted octanol–water partition coefficient (Wildman–Crippen LogP) is 2.01. The monoisotopic (exact) mass is 143 g/mol. The molecule has 1 heterocycles. The highest BCUT2D eigenvalue weighted by molar-refractivity contribution is 5.57. The van der Waals surface area contributed by atoms with Crippen LogP contribution < -0.4 is 0 Å². The number of hydrogen-bond donors (Lipinski definition) is 0. The van der Waals surface area contributed by atoms with Crippen LogP contribution in [0.3, 0.4) is 0 Å². The maximum Gasteiger partial charge on any atom is 0.0593 e. The third-order valence-corrected chi connectivity index (χ3v) is 1.88. The number of nitrogens with zero attached hydrogens (tertiary/aromatic N) is 1. The quantitative estimate of drug-likeness (QED) is 0.570. The van der Waals surface area contributed by atoms with E-state index in [1.165, 1.54) is 5.56 Å². The molecule has 0 aromatic heterocycles. The van der Waals surface area contributed by atoms with Crippen molar-refractivity contribution in [2.24, 2.45) is 4.99 Å². The average Bonchev–Trinajstić information content (AvgIpc) is 2.58. The first-order chi connectivity index (χ1) is 5.47. The van der Waals surface area contributed by atoms with E-state index in [2.05, 4.69) is 35.1 Å². The minimum atomic E-state index is 0.469. The van der Waals surface area contributed by atoms with Gasteiger partial charge >= 0.3 is 0 Å². The topological polar surface area (TPSA) is 12.4 Å². The van der Waals surface area contributed by atoms with Crippen molar-refractivity contribution in [3.63, 3.8) is 0 Å². The van der Waals surface area contributed by atoms with E-state index in [0.717, 1.165) is 6.54 Å². The molecule has 1 aromatic rings. The van der Waals surface area contributed by atoms with Crippen molar-refractivity contribution in [1.82, 2.24) is 0 Å². The Morgan fingerprint density at radius 2 is 2.09 bits per heavy atom. The van der Waals surface area contributed by atoms with Crippen molar-refractivity contribution in [2.45, 2.75) is 5.92 Å². The summed E-state index contributed by atoms with van der Waals surface area (Å²) in [5.41, 5.74) is 1.33. The van der Waals surface area contributed by atoms with Gasteiger partial charge in [0, 0.05) is 5.92 Å². The first kappa shape index (κ1) is 6.38. The number of benzene rings is 1. The van der Waals surface area contributed by atoms with E-state index in [1.54, 1.807) is 0 Å². The molecular weight excluding hydrogens is 134 g/mol. The lowest BCUT2D eigenvalue weighted by molar-refractivity contribution is 0.883. The predicted molar refractivity (Wildman–Crippen MR) is 46.1 cm³/mol. The van der Waals surface area contributed by atoms with Gasteiger partial charge < -0.3 is 0 Å². The number of hydrogen-bond acceptors (Lipinski definition) is 1. The molecule has 0 N–H and O–H groups in total. The van der Waals surface area contributed by atoms with Gasteiger partial charge in [-0.15, -0.1) is 0 Å². The zero-order valence-electron chi connectivity index (χ0n) is 6.20. The average molecular weight is 143 g/mol. The van der Waals surface area contributed by atoms with E-state index >= 15 is 0 Å². The van der Waals surface area contributed by atoms with Gasteiger partial charge in [-0.2, -0.15) is 0 Å². The van der Waals surface area contributed by atoms with Gasteiger partial charge in [-0.05, 0) is 17.5 Å². The van der Waals surface area contributed by atoms with Crippen molar-refractivity contribution in [1.29, 1.82) is 0 Å². The molecule has 0 bridgehead atoms. The zero-order valence-corrected chi connectivity index (χ0v) is 6.20. The molecule has 1 aliphatic heterocycles. The smallest absolute Gasteiger partial charge is 0.0593 e.